The van der Waals surface area contributed by atoms with Gasteiger partial charge in [0.2, 0.25) is 0 Å². The molecule has 1 N–H and O–H groups in total. The van der Waals surface area contributed by atoms with E-state index in [-0.39, 0.29) is 6.04 Å². The summed E-state index contributed by atoms with van der Waals surface area (Å²) >= 11 is 0. The smallest absolute Gasteiger partial charge is 0.132 e. The van der Waals surface area contributed by atoms with E-state index in [0.29, 0.717) is 6.04 Å². The van der Waals surface area contributed by atoms with Gasteiger partial charge in [0.05, 0.1) is 25.3 Å². The highest BCUT2D eigenvalue weighted by Crippen LogP contribution is 2.42. The van der Waals surface area contributed by atoms with Crippen molar-refractivity contribution in [2.24, 2.45) is 0 Å². The van der Waals surface area contributed by atoms with E-state index in [1.165, 1.54) is 11.1 Å². The van der Waals surface area contributed by atoms with Crippen LogP contribution >= 0.6 is 0 Å². The Morgan fingerprint density at radius 3 is 1.95 bits per heavy atom. The van der Waals surface area contributed by atoms with E-state index >= 15 is 0 Å². The van der Waals surface area contributed by atoms with Crippen LogP contribution < -0.4 is 10.1 Å². The molecule has 2 aromatic rings. The Hall–Kier alpha value is -1.84. The summed E-state index contributed by atoms with van der Waals surface area (Å²) < 4.78 is 11.2. The van der Waals surface area contributed by atoms with Crippen LogP contribution in [0.4, 0.5) is 0 Å². The quantitative estimate of drug-likeness (QED) is 0.892. The Morgan fingerprint density at radius 2 is 1.42 bits per heavy atom. The van der Waals surface area contributed by atoms with Crippen LogP contribution in [0.15, 0.2) is 48.5 Å². The summed E-state index contributed by atoms with van der Waals surface area (Å²) in [4.78, 5) is 0. The molecule has 4 rings (SSSR count). The van der Waals surface area contributed by atoms with Crippen molar-refractivity contribution in [3.05, 3.63) is 59.7 Å². The van der Waals surface area contributed by atoms with Crippen LogP contribution in [0.1, 0.15) is 17.2 Å². The second kappa shape index (κ2) is 4.37. The van der Waals surface area contributed by atoms with Crippen LogP contribution in [0.25, 0.3) is 0 Å². The molecule has 2 aliphatic heterocycles. The van der Waals surface area contributed by atoms with Crippen molar-refractivity contribution < 1.29 is 9.47 Å². The van der Waals surface area contributed by atoms with Gasteiger partial charge in [0.15, 0.2) is 0 Å². The molecule has 0 unspecified atom stereocenters. The third-order valence-electron chi connectivity index (χ3n) is 3.72. The number of hydrogen-bond acceptors (Lipinski definition) is 3. The molecule has 96 valence electrons. The Balaban J connectivity index is 1.78. The van der Waals surface area contributed by atoms with E-state index in [4.69, 9.17) is 9.47 Å². The SMILES string of the molecule is c1ccc2c(c1)Oc1ccccc1C2NC1COC1. The molecule has 0 aromatic heterocycles. The van der Waals surface area contributed by atoms with Gasteiger partial charge in [-0.1, -0.05) is 36.4 Å². The molecule has 2 aromatic carbocycles. The first-order valence-electron chi connectivity index (χ1n) is 6.61. The lowest BCUT2D eigenvalue weighted by atomic mass is 9.93. The fraction of sp³-hybridized carbons (Fsp3) is 0.250. The van der Waals surface area contributed by atoms with Crippen LogP contribution in [0.5, 0.6) is 11.5 Å². The van der Waals surface area contributed by atoms with Gasteiger partial charge in [0.25, 0.3) is 0 Å². The maximum atomic E-state index is 5.97. The van der Waals surface area contributed by atoms with Crippen molar-refractivity contribution >= 4 is 0 Å². The molecule has 0 atom stereocenters. The zero-order valence-corrected chi connectivity index (χ0v) is 10.5. The highest BCUT2D eigenvalue weighted by molar-refractivity contribution is 5.52. The summed E-state index contributed by atoms with van der Waals surface area (Å²) in [6.45, 7) is 1.59. The van der Waals surface area contributed by atoms with Gasteiger partial charge in [-0.15, -0.1) is 0 Å². The topological polar surface area (TPSA) is 30.5 Å². The van der Waals surface area contributed by atoms with Crippen molar-refractivity contribution in [1.82, 2.24) is 5.32 Å². The minimum absolute atomic E-state index is 0.190. The molecule has 0 amide bonds. The van der Waals surface area contributed by atoms with Crippen LogP contribution in [0.3, 0.4) is 0 Å². The highest BCUT2D eigenvalue weighted by atomic mass is 16.5. The zero-order chi connectivity index (χ0) is 12.7. The minimum Gasteiger partial charge on any atom is -0.457 e. The lowest BCUT2D eigenvalue weighted by molar-refractivity contribution is -0.00862. The Bertz CT molecular complexity index is 562. The van der Waals surface area contributed by atoms with Crippen LogP contribution in [0, 0.1) is 0 Å². The fourth-order valence-corrected chi connectivity index (χ4v) is 2.66. The van der Waals surface area contributed by atoms with E-state index in [1.54, 1.807) is 0 Å². The maximum Gasteiger partial charge on any atom is 0.132 e. The molecule has 2 aliphatic rings. The summed E-state index contributed by atoms with van der Waals surface area (Å²) in [5.74, 6) is 1.89. The molecule has 3 nitrogen and oxygen atoms in total. The second-order valence-electron chi connectivity index (χ2n) is 5.01. The predicted octanol–water partition coefficient (Wildman–Crippen LogP) is 2.87. The first-order valence-corrected chi connectivity index (χ1v) is 6.61. The number of para-hydroxylation sites is 2. The Labute approximate surface area is 112 Å². The number of ether oxygens (including phenoxy) is 2. The first kappa shape index (κ1) is 11.0. The largest absolute Gasteiger partial charge is 0.457 e. The predicted molar refractivity (Wildman–Crippen MR) is 72.5 cm³/mol. The van der Waals surface area contributed by atoms with Gasteiger partial charge in [-0.25, -0.2) is 0 Å². The number of benzene rings is 2. The highest BCUT2D eigenvalue weighted by Gasteiger charge is 2.30. The van der Waals surface area contributed by atoms with E-state index in [1.807, 2.05) is 24.3 Å². The third-order valence-corrected chi connectivity index (χ3v) is 3.72. The molecule has 0 aliphatic carbocycles. The third kappa shape index (κ3) is 1.82. The van der Waals surface area contributed by atoms with Gasteiger partial charge < -0.3 is 9.47 Å². The van der Waals surface area contributed by atoms with E-state index < -0.39 is 0 Å². The van der Waals surface area contributed by atoms with E-state index in [0.717, 1.165) is 24.7 Å². The normalized spacial score (nSPS) is 18.1. The molecule has 0 radical (unpaired) electrons. The zero-order valence-electron chi connectivity index (χ0n) is 10.5. The average Bonchev–Trinajstić information content (AvgIpc) is 2.41. The molecule has 19 heavy (non-hydrogen) atoms. The summed E-state index contributed by atoms with van der Waals surface area (Å²) in [5.41, 5.74) is 2.40. The van der Waals surface area contributed by atoms with Gasteiger partial charge in [-0.3, -0.25) is 5.32 Å². The minimum atomic E-state index is 0.190. The van der Waals surface area contributed by atoms with Crippen LogP contribution in [-0.4, -0.2) is 19.3 Å². The molecular weight excluding hydrogens is 238 g/mol. The number of hydrogen-bond donors (Lipinski definition) is 1. The van der Waals surface area contributed by atoms with Crippen molar-refractivity contribution in [1.29, 1.82) is 0 Å². The van der Waals surface area contributed by atoms with Crippen molar-refractivity contribution in [2.45, 2.75) is 12.1 Å². The van der Waals surface area contributed by atoms with E-state index in [9.17, 15) is 0 Å². The fourth-order valence-electron chi connectivity index (χ4n) is 2.66. The van der Waals surface area contributed by atoms with Gasteiger partial charge in [0.1, 0.15) is 11.5 Å². The number of rotatable bonds is 2. The van der Waals surface area contributed by atoms with Crippen LogP contribution in [-0.2, 0) is 4.74 Å². The molecular formula is C16H15NO2. The Morgan fingerprint density at radius 1 is 0.842 bits per heavy atom. The first-order chi connectivity index (χ1) is 9.42. The molecule has 2 heterocycles. The Kier molecular flexibility index (Phi) is 2.53. The van der Waals surface area contributed by atoms with Crippen molar-refractivity contribution in [3.8, 4) is 11.5 Å². The van der Waals surface area contributed by atoms with E-state index in [2.05, 4.69) is 29.6 Å². The summed E-state index contributed by atoms with van der Waals surface area (Å²) in [6.07, 6.45) is 0. The van der Waals surface area contributed by atoms with Gasteiger partial charge >= 0.3 is 0 Å². The second-order valence-corrected chi connectivity index (χ2v) is 5.01. The molecule has 0 bridgehead atoms. The number of fused-ring (bicyclic) bond motifs is 2. The molecule has 0 spiro atoms. The van der Waals surface area contributed by atoms with Crippen molar-refractivity contribution in [3.63, 3.8) is 0 Å². The van der Waals surface area contributed by atoms with Crippen LogP contribution in [0.2, 0.25) is 0 Å². The number of nitrogens with one attached hydrogen (secondary N) is 1. The molecule has 0 saturated carbocycles. The van der Waals surface area contributed by atoms with Crippen molar-refractivity contribution in [2.75, 3.05) is 13.2 Å². The summed E-state index contributed by atoms with van der Waals surface area (Å²) in [6, 6.07) is 17.1. The lowest BCUT2D eigenvalue weighted by Crippen LogP contribution is -2.48. The maximum absolute atomic E-state index is 5.97. The standard InChI is InChI=1S/C16H15NO2/c1-3-7-14-12(5-1)16(17-11-9-18-10-11)13-6-2-4-8-15(13)19-14/h1-8,11,16-17H,9-10H2. The summed E-state index contributed by atoms with van der Waals surface area (Å²) in [7, 11) is 0. The summed E-state index contributed by atoms with van der Waals surface area (Å²) in [5, 5.41) is 3.66. The van der Waals surface area contributed by atoms with Gasteiger partial charge in [0, 0.05) is 11.1 Å². The van der Waals surface area contributed by atoms with Gasteiger partial charge in [-0.05, 0) is 12.1 Å². The molecule has 1 fully saturated rings. The van der Waals surface area contributed by atoms with Gasteiger partial charge in [-0.2, -0.15) is 0 Å². The lowest BCUT2D eigenvalue weighted by Gasteiger charge is -2.35. The molecule has 1 saturated heterocycles. The monoisotopic (exact) mass is 253 g/mol. The molecule has 3 heteroatoms. The average molecular weight is 253 g/mol.